The maximum absolute atomic E-state index is 6.33. The van der Waals surface area contributed by atoms with Crippen LogP contribution in [0.15, 0.2) is 0 Å². The van der Waals surface area contributed by atoms with Gasteiger partial charge in [0.2, 0.25) is 0 Å². The van der Waals surface area contributed by atoms with Crippen molar-refractivity contribution in [1.29, 1.82) is 0 Å². The Morgan fingerprint density at radius 3 is 2.25 bits per heavy atom. The second-order valence-electron chi connectivity index (χ2n) is 6.78. The van der Waals surface area contributed by atoms with Gasteiger partial charge in [0, 0.05) is 5.92 Å². The molecule has 3 nitrogen and oxygen atoms in total. The molecule has 3 rings (SSSR count). The SMILES string of the molecule is CC1(C)OB(c2sc(C3CCCC3)nc2Cl)OC1(C)C. The summed E-state index contributed by atoms with van der Waals surface area (Å²) in [4.78, 5) is 4.56. The van der Waals surface area contributed by atoms with E-state index in [-0.39, 0.29) is 18.3 Å². The highest BCUT2D eigenvalue weighted by atomic mass is 35.5. The minimum Gasteiger partial charge on any atom is -0.399 e. The van der Waals surface area contributed by atoms with Crippen LogP contribution < -0.4 is 4.78 Å². The lowest BCUT2D eigenvalue weighted by Gasteiger charge is -2.32. The van der Waals surface area contributed by atoms with Crippen LogP contribution >= 0.6 is 22.9 Å². The molecular weight excluding hydrogens is 292 g/mol. The molecule has 1 aliphatic carbocycles. The summed E-state index contributed by atoms with van der Waals surface area (Å²) >= 11 is 7.99. The maximum Gasteiger partial charge on any atom is 0.508 e. The normalized spacial score (nSPS) is 25.6. The fraction of sp³-hybridized carbons (Fsp3) is 0.786. The number of nitrogens with zero attached hydrogens (tertiary/aromatic N) is 1. The monoisotopic (exact) mass is 313 g/mol. The number of rotatable bonds is 2. The van der Waals surface area contributed by atoms with E-state index in [1.54, 1.807) is 11.3 Å². The molecule has 1 aromatic heterocycles. The van der Waals surface area contributed by atoms with E-state index in [0.717, 1.165) is 9.78 Å². The Hall–Kier alpha value is -0.0951. The predicted molar refractivity (Wildman–Crippen MR) is 84.0 cm³/mol. The molecule has 1 saturated heterocycles. The minimum atomic E-state index is -0.389. The molecule has 2 aliphatic rings. The van der Waals surface area contributed by atoms with E-state index >= 15 is 0 Å². The number of hydrogen-bond donors (Lipinski definition) is 0. The predicted octanol–water partition coefficient (Wildman–Crippen LogP) is 3.75. The summed E-state index contributed by atoms with van der Waals surface area (Å²) in [5.41, 5.74) is -0.670. The Bertz CT molecular complexity index is 495. The Morgan fingerprint density at radius 2 is 1.70 bits per heavy atom. The largest absolute Gasteiger partial charge is 0.508 e. The number of aromatic nitrogens is 1. The van der Waals surface area contributed by atoms with Crippen LogP contribution in [0.25, 0.3) is 0 Å². The summed E-state index contributed by atoms with van der Waals surface area (Å²) in [6, 6.07) is 0. The van der Waals surface area contributed by atoms with E-state index in [0.29, 0.717) is 11.1 Å². The van der Waals surface area contributed by atoms with Gasteiger partial charge in [-0.05, 0) is 40.5 Å². The lowest BCUT2D eigenvalue weighted by Crippen LogP contribution is -2.41. The van der Waals surface area contributed by atoms with Crippen LogP contribution in [-0.2, 0) is 9.31 Å². The average molecular weight is 314 g/mol. The molecule has 0 unspecified atom stereocenters. The molecule has 1 aliphatic heterocycles. The van der Waals surface area contributed by atoms with Crippen LogP contribution in [0.4, 0.5) is 0 Å². The molecule has 2 fully saturated rings. The average Bonchev–Trinajstić information content (AvgIpc) is 2.98. The molecule has 0 radical (unpaired) electrons. The molecular formula is C14H21BClNO2S. The van der Waals surface area contributed by atoms with Gasteiger partial charge in [0.15, 0.2) is 0 Å². The van der Waals surface area contributed by atoms with Gasteiger partial charge in [0.05, 0.1) is 21.0 Å². The molecule has 110 valence electrons. The van der Waals surface area contributed by atoms with Crippen LogP contribution in [0.1, 0.15) is 64.3 Å². The third kappa shape index (κ3) is 2.43. The van der Waals surface area contributed by atoms with Crippen molar-refractivity contribution in [2.45, 2.75) is 70.5 Å². The van der Waals surface area contributed by atoms with Gasteiger partial charge in [-0.2, -0.15) is 0 Å². The third-order valence-electron chi connectivity index (χ3n) is 4.80. The molecule has 2 heterocycles. The van der Waals surface area contributed by atoms with Crippen LogP contribution in [0, 0.1) is 0 Å². The van der Waals surface area contributed by atoms with Crippen LogP contribution in [0.3, 0.4) is 0 Å². The first-order chi connectivity index (χ1) is 9.30. The van der Waals surface area contributed by atoms with Crippen molar-refractivity contribution in [3.8, 4) is 0 Å². The number of hydrogen-bond acceptors (Lipinski definition) is 4. The summed E-state index contributed by atoms with van der Waals surface area (Å²) < 4.78 is 13.1. The maximum atomic E-state index is 6.33. The van der Waals surface area contributed by atoms with Crippen LogP contribution in [-0.4, -0.2) is 23.3 Å². The fourth-order valence-corrected chi connectivity index (χ4v) is 4.21. The summed E-state index contributed by atoms with van der Waals surface area (Å²) in [7, 11) is -0.389. The Balaban J connectivity index is 1.85. The quantitative estimate of drug-likeness (QED) is 0.779. The zero-order valence-corrected chi connectivity index (χ0v) is 14.1. The molecule has 6 heteroatoms. The highest BCUT2D eigenvalue weighted by molar-refractivity contribution is 7.23. The summed E-state index contributed by atoms with van der Waals surface area (Å²) in [5.74, 6) is 0.577. The first-order valence-corrected chi connectivity index (χ1v) is 8.51. The van der Waals surface area contributed by atoms with E-state index in [9.17, 15) is 0 Å². The van der Waals surface area contributed by atoms with Crippen molar-refractivity contribution in [1.82, 2.24) is 4.98 Å². The standard InChI is InChI=1S/C14H21BClNO2S/c1-13(2)14(3,4)19-15(18-13)10-11(16)17-12(20-10)9-7-5-6-8-9/h9H,5-8H2,1-4H3. The number of thiazole rings is 1. The second-order valence-corrected chi connectivity index (χ2v) is 8.20. The zero-order chi connectivity index (χ0) is 14.5. The zero-order valence-electron chi connectivity index (χ0n) is 12.5. The summed E-state index contributed by atoms with van der Waals surface area (Å²) in [6.07, 6.45) is 5.06. The molecule has 0 N–H and O–H groups in total. The van der Waals surface area contributed by atoms with E-state index in [2.05, 4.69) is 32.7 Å². The Morgan fingerprint density at radius 1 is 1.15 bits per heavy atom. The second kappa shape index (κ2) is 4.97. The van der Waals surface area contributed by atoms with Crippen molar-refractivity contribution >= 4 is 34.8 Å². The van der Waals surface area contributed by atoms with Crippen molar-refractivity contribution in [2.24, 2.45) is 0 Å². The van der Waals surface area contributed by atoms with Gasteiger partial charge in [-0.1, -0.05) is 24.4 Å². The van der Waals surface area contributed by atoms with Crippen molar-refractivity contribution in [2.75, 3.05) is 0 Å². The van der Waals surface area contributed by atoms with Gasteiger partial charge in [-0.25, -0.2) is 4.98 Å². The van der Waals surface area contributed by atoms with Gasteiger partial charge in [-0.3, -0.25) is 0 Å². The Kier molecular flexibility index (Phi) is 3.69. The van der Waals surface area contributed by atoms with E-state index in [4.69, 9.17) is 20.9 Å². The van der Waals surface area contributed by atoms with Crippen molar-refractivity contribution < 1.29 is 9.31 Å². The summed E-state index contributed by atoms with van der Waals surface area (Å²) in [6.45, 7) is 8.22. The molecule has 20 heavy (non-hydrogen) atoms. The molecule has 0 spiro atoms. The van der Waals surface area contributed by atoms with Gasteiger partial charge < -0.3 is 9.31 Å². The van der Waals surface area contributed by atoms with E-state index < -0.39 is 0 Å². The molecule has 1 saturated carbocycles. The summed E-state index contributed by atoms with van der Waals surface area (Å²) in [5, 5.41) is 1.70. The molecule has 0 bridgehead atoms. The van der Waals surface area contributed by atoms with Gasteiger partial charge in [-0.15, -0.1) is 11.3 Å². The van der Waals surface area contributed by atoms with Crippen molar-refractivity contribution in [3.63, 3.8) is 0 Å². The lowest BCUT2D eigenvalue weighted by atomic mass is 9.89. The third-order valence-corrected chi connectivity index (χ3v) is 6.44. The highest BCUT2D eigenvalue weighted by Gasteiger charge is 2.53. The van der Waals surface area contributed by atoms with Gasteiger partial charge in [0.1, 0.15) is 5.15 Å². The molecule has 1 aromatic rings. The van der Waals surface area contributed by atoms with Crippen molar-refractivity contribution in [3.05, 3.63) is 10.2 Å². The van der Waals surface area contributed by atoms with E-state index in [1.165, 1.54) is 25.7 Å². The van der Waals surface area contributed by atoms with Gasteiger partial charge >= 0.3 is 7.12 Å². The van der Waals surface area contributed by atoms with E-state index in [1.807, 2.05) is 0 Å². The smallest absolute Gasteiger partial charge is 0.399 e. The molecule has 0 atom stereocenters. The Labute approximate surface area is 130 Å². The first kappa shape index (κ1) is 14.8. The molecule has 0 amide bonds. The molecule has 0 aromatic carbocycles. The minimum absolute atomic E-state index is 0.335. The first-order valence-electron chi connectivity index (χ1n) is 7.32. The van der Waals surface area contributed by atoms with Gasteiger partial charge in [0.25, 0.3) is 0 Å². The lowest BCUT2D eigenvalue weighted by molar-refractivity contribution is 0.00578. The number of halogens is 1. The fourth-order valence-electron chi connectivity index (χ4n) is 2.77. The topological polar surface area (TPSA) is 31.4 Å². The van der Waals surface area contributed by atoms with Crippen LogP contribution in [0.2, 0.25) is 5.15 Å². The highest BCUT2D eigenvalue weighted by Crippen LogP contribution is 2.39. The van der Waals surface area contributed by atoms with Crippen LogP contribution in [0.5, 0.6) is 0 Å².